The molecule has 37 nitrogen and oxygen atoms in total. The molecule has 0 aliphatic carbocycles. The number of amides is 5. The number of carbonyl (C=O) groups excluding carboxylic acids is 5. The molecular formula is C50H54F9N21O16. The fraction of sp³-hybridized carbons (Fsp3) is 0.540. The third kappa shape index (κ3) is 24.1. The Morgan fingerprint density at radius 2 is 0.875 bits per heavy atom. The number of halogens is 9. The van der Waals surface area contributed by atoms with Gasteiger partial charge >= 0.3 is 53.3 Å². The van der Waals surface area contributed by atoms with Crippen LogP contribution < -0.4 is 49.4 Å². The number of aromatic nitrogens is 6. The van der Waals surface area contributed by atoms with Gasteiger partial charge in [-0.3, -0.25) is 37.7 Å². The minimum Gasteiger partial charge on any atom is -0.394 e. The highest BCUT2D eigenvalue weighted by Gasteiger charge is 2.42. The number of rotatable bonds is 20. The number of nitrogens with two attached hydrogens (primary N) is 1. The van der Waals surface area contributed by atoms with Crippen molar-refractivity contribution >= 4 is 47.0 Å². The number of aliphatic hydroxyl groups is 2. The van der Waals surface area contributed by atoms with Gasteiger partial charge in [0.15, 0.2) is 11.6 Å². The van der Waals surface area contributed by atoms with Gasteiger partial charge < -0.3 is 71.0 Å². The fourth-order valence-corrected chi connectivity index (χ4v) is 8.23. The Labute approximate surface area is 531 Å². The number of alkyl halides is 9. The molecule has 9 unspecified atom stereocenters. The SMILES string of the molecule is CC(=O)Nc1nc(=O)n(C2CC(OCN=[N+]=[N-])C(CO)O2)cc1C#CCNC(=O)C(F)(F)F.CCC1OC(n2cc(C#CCNC(=O)C(F)(F)F)c(NC(C)=O)nc2=O)CC1OCN=[N+]=[N-].[N-]=[N+]=NCOC1CC(n2cc(C#CCNC(=O)C(F)(F)F)c(N)nc2=O)OC1CO. The van der Waals surface area contributed by atoms with Crippen LogP contribution in [-0.2, 0) is 52.4 Å². The number of nitrogen functional groups attached to an aromatic ring is 1. The van der Waals surface area contributed by atoms with Gasteiger partial charge in [-0.1, -0.05) is 57.8 Å². The van der Waals surface area contributed by atoms with Crippen LogP contribution in [0, 0.1) is 35.5 Å². The Morgan fingerprint density at radius 1 is 0.573 bits per heavy atom. The molecule has 3 aromatic rings. The first-order valence-corrected chi connectivity index (χ1v) is 27.1. The Hall–Kier alpha value is -10.6. The lowest BCUT2D eigenvalue weighted by Crippen LogP contribution is -2.36. The molecule has 3 aliphatic rings. The maximum Gasteiger partial charge on any atom is 0.471 e. The topological polar surface area (TPSA) is 518 Å². The molecule has 9 N–H and O–H groups in total. The third-order valence-corrected chi connectivity index (χ3v) is 12.4. The Morgan fingerprint density at radius 3 is 1.18 bits per heavy atom. The average Bonchev–Trinajstić information content (AvgIpc) is 1.41. The van der Waals surface area contributed by atoms with Gasteiger partial charge in [-0.05, 0) is 23.0 Å². The predicted octanol–water partition coefficient (Wildman–Crippen LogP) is 1.54. The maximum atomic E-state index is 12.5. The largest absolute Gasteiger partial charge is 0.471 e. The van der Waals surface area contributed by atoms with Gasteiger partial charge in [0.2, 0.25) is 11.8 Å². The number of anilines is 3. The monoisotopic (exact) mass is 1380 g/mol. The Kier molecular flexibility index (Phi) is 29.8. The smallest absolute Gasteiger partial charge is 0.394 e. The van der Waals surface area contributed by atoms with E-state index in [0.29, 0.717) is 6.42 Å². The van der Waals surface area contributed by atoms with Crippen LogP contribution in [0.25, 0.3) is 31.3 Å². The quantitative estimate of drug-likeness (QED) is 0.0261. The molecule has 96 heavy (non-hydrogen) atoms. The number of carbonyl (C=O) groups is 5. The van der Waals surface area contributed by atoms with E-state index in [9.17, 15) is 88.1 Å². The van der Waals surface area contributed by atoms with E-state index in [-0.39, 0.29) is 73.6 Å². The number of azide groups is 3. The van der Waals surface area contributed by atoms with Gasteiger partial charge in [0, 0.05) is 66.4 Å². The van der Waals surface area contributed by atoms with E-state index in [1.165, 1.54) is 19.3 Å². The van der Waals surface area contributed by atoms with Crippen LogP contribution in [0.5, 0.6) is 0 Å². The molecule has 0 saturated carbocycles. The van der Waals surface area contributed by atoms with Crippen molar-refractivity contribution in [3.05, 3.63) is 98.1 Å². The standard InChI is InChI=1S/C18H20F3N7O5.C17H18F3N7O6.C15H16F3N7O5/c1-3-12-13(32-9-24-27-22)7-14(33-12)28-8-11(15(25-10(2)29)26-17(28)31)5-4-6-23-16(30)18(19,20)21;1-9(29)24-14-10(3-2-4-22-15(30)17(18,19)20)6-27(16(31)25-14)13-5-11(12(7-28)33-13)32-8-23-26-21;16-15(17,18)13(27)21-3-1-2-8-5-25(14(28)23-12(8)19)11-4-9(10(6-26)30-11)29-7-22-24-20/h8,12-14H,3,6-7,9H2,1-2H3,(H,23,30)(H,25,26,29,31);6,11-13,28H,4-5,7-8H2,1H3,(H,22,30)(H,24,25,29,31);5,9-11,26H,3-4,6-7H2,(H,21,27)(H2,19,23,28). The highest BCUT2D eigenvalue weighted by molar-refractivity contribution is 5.89. The molecule has 5 amide bonds. The molecule has 6 heterocycles. The van der Waals surface area contributed by atoms with E-state index >= 15 is 0 Å². The maximum absolute atomic E-state index is 12.5. The highest BCUT2D eigenvalue weighted by Crippen LogP contribution is 2.34. The summed E-state index contributed by atoms with van der Waals surface area (Å²) in [4.78, 5) is 111. The average molecular weight is 1380 g/mol. The van der Waals surface area contributed by atoms with Gasteiger partial charge in [-0.25, -0.2) is 14.4 Å². The zero-order valence-corrected chi connectivity index (χ0v) is 49.7. The molecule has 3 fully saturated rings. The van der Waals surface area contributed by atoms with Crippen molar-refractivity contribution in [2.24, 2.45) is 15.3 Å². The van der Waals surface area contributed by atoms with E-state index < -0.39 is 153 Å². The highest BCUT2D eigenvalue weighted by atomic mass is 19.4. The van der Waals surface area contributed by atoms with E-state index in [1.54, 1.807) is 16.0 Å². The summed E-state index contributed by atoms with van der Waals surface area (Å²) in [5.41, 5.74) is 28.2. The van der Waals surface area contributed by atoms with Crippen molar-refractivity contribution in [3.63, 3.8) is 0 Å². The van der Waals surface area contributed by atoms with Gasteiger partial charge in [-0.2, -0.15) is 54.5 Å². The van der Waals surface area contributed by atoms with Crippen LogP contribution in [0.2, 0.25) is 0 Å². The molecule has 6 rings (SSSR count). The molecule has 9 atom stereocenters. The van der Waals surface area contributed by atoms with E-state index in [4.69, 9.17) is 50.7 Å². The summed E-state index contributed by atoms with van der Waals surface area (Å²) >= 11 is 0. The molecule has 0 spiro atoms. The molecular weight excluding hydrogens is 1320 g/mol. The summed E-state index contributed by atoms with van der Waals surface area (Å²) in [5.74, 6) is 5.89. The summed E-state index contributed by atoms with van der Waals surface area (Å²) in [6, 6.07) is 0. The number of nitrogens with zero attached hydrogens (tertiary/aromatic N) is 15. The Bertz CT molecular complexity index is 3670. The van der Waals surface area contributed by atoms with Crippen LogP contribution in [0.4, 0.5) is 57.0 Å². The first kappa shape index (κ1) is 77.9. The van der Waals surface area contributed by atoms with Gasteiger partial charge in [0.25, 0.3) is 0 Å². The number of hydrogen-bond donors (Lipinski definition) is 8. The number of nitrogens with one attached hydrogen (secondary N) is 5. The van der Waals surface area contributed by atoms with Crippen LogP contribution in [0.3, 0.4) is 0 Å². The molecule has 3 aliphatic heterocycles. The van der Waals surface area contributed by atoms with Crippen molar-refractivity contribution in [3.8, 4) is 35.5 Å². The summed E-state index contributed by atoms with van der Waals surface area (Å²) in [6.45, 7) is 0.493. The summed E-state index contributed by atoms with van der Waals surface area (Å²) in [6.07, 6.45) is -17.3. The lowest BCUT2D eigenvalue weighted by atomic mass is 10.1. The Balaban J connectivity index is 0.000000307. The second kappa shape index (κ2) is 36.8. The molecule has 0 bridgehead atoms. The first-order chi connectivity index (χ1) is 45.3. The summed E-state index contributed by atoms with van der Waals surface area (Å²) in [7, 11) is 0. The first-order valence-electron chi connectivity index (χ1n) is 27.1. The second-order valence-electron chi connectivity index (χ2n) is 19.0. The van der Waals surface area contributed by atoms with Crippen LogP contribution in [-0.4, -0.2) is 177 Å². The third-order valence-electron chi connectivity index (χ3n) is 12.4. The van der Waals surface area contributed by atoms with E-state index in [0.717, 1.165) is 26.8 Å². The van der Waals surface area contributed by atoms with Crippen molar-refractivity contribution in [2.45, 2.75) is 120 Å². The molecule has 3 aromatic heterocycles. The minimum atomic E-state index is -5.07. The normalized spacial score (nSPS) is 20.0. The van der Waals surface area contributed by atoms with Gasteiger partial charge in [0.1, 0.15) is 56.9 Å². The van der Waals surface area contributed by atoms with Crippen LogP contribution in [0.15, 0.2) is 48.3 Å². The zero-order chi connectivity index (χ0) is 71.5. The molecule has 0 radical (unpaired) electrons. The van der Waals surface area contributed by atoms with E-state index in [2.05, 4.69) is 91.2 Å². The predicted molar refractivity (Wildman–Crippen MR) is 303 cm³/mol. The van der Waals surface area contributed by atoms with Crippen LogP contribution in [0.1, 0.15) is 81.8 Å². The summed E-state index contributed by atoms with van der Waals surface area (Å²) < 4.78 is 146. The van der Waals surface area contributed by atoms with Gasteiger partial charge in [0.05, 0.1) is 74.0 Å². The lowest BCUT2D eigenvalue weighted by Gasteiger charge is -2.16. The van der Waals surface area contributed by atoms with Crippen LogP contribution >= 0.6 is 0 Å². The zero-order valence-electron chi connectivity index (χ0n) is 49.7. The van der Waals surface area contributed by atoms with E-state index in [1.807, 2.05) is 6.92 Å². The fourth-order valence-electron chi connectivity index (χ4n) is 8.23. The minimum absolute atomic E-state index is 0.0125. The van der Waals surface area contributed by atoms with Crippen molar-refractivity contribution in [2.75, 3.05) is 69.4 Å². The number of ether oxygens (including phenoxy) is 6. The second-order valence-corrected chi connectivity index (χ2v) is 19.0. The van der Waals surface area contributed by atoms with Crippen molar-refractivity contribution in [1.29, 1.82) is 0 Å². The number of aliphatic hydroxyl groups excluding tert-OH is 2. The number of hydrogen-bond acceptors (Lipinski definition) is 23. The molecule has 3 saturated heterocycles. The van der Waals surface area contributed by atoms with Crippen molar-refractivity contribution in [1.82, 2.24) is 44.6 Å². The van der Waals surface area contributed by atoms with Gasteiger partial charge in [-0.15, -0.1) is 0 Å². The van der Waals surface area contributed by atoms with Crippen molar-refractivity contribution < 1.29 is 102 Å². The lowest BCUT2D eigenvalue weighted by molar-refractivity contribution is -0.173. The summed E-state index contributed by atoms with van der Waals surface area (Å²) in [5, 5.41) is 37.9. The molecule has 518 valence electrons. The molecule has 0 aromatic carbocycles. The molecule has 46 heteroatoms.